The van der Waals surface area contributed by atoms with Gasteiger partial charge in [0.25, 0.3) is 0 Å². The summed E-state index contributed by atoms with van der Waals surface area (Å²) in [6, 6.07) is 7.92. The Morgan fingerprint density at radius 1 is 1.50 bits per heavy atom. The lowest BCUT2D eigenvalue weighted by molar-refractivity contribution is 0.112. The van der Waals surface area contributed by atoms with Crippen molar-refractivity contribution in [3.63, 3.8) is 0 Å². The molecule has 1 saturated heterocycles. The van der Waals surface area contributed by atoms with Crippen molar-refractivity contribution < 1.29 is 9.53 Å². The van der Waals surface area contributed by atoms with Crippen molar-refractivity contribution in [2.24, 2.45) is 0 Å². The van der Waals surface area contributed by atoms with Crippen LogP contribution in [0.25, 0.3) is 0 Å². The lowest BCUT2D eigenvalue weighted by Crippen LogP contribution is -2.35. The molecule has 20 heavy (non-hydrogen) atoms. The average molecular weight is 277 g/mol. The number of carbonyl (C=O) groups is 1. The van der Waals surface area contributed by atoms with E-state index in [1.807, 2.05) is 31.3 Å². The first-order chi connectivity index (χ1) is 9.69. The quantitative estimate of drug-likeness (QED) is 0.773. The molecule has 1 aliphatic rings. The first-order valence-electron chi connectivity index (χ1n) is 7.12. The molecule has 2 unspecified atom stereocenters. The van der Waals surface area contributed by atoms with Gasteiger partial charge in [-0.2, -0.15) is 0 Å². The Kier molecular flexibility index (Phi) is 5.38. The number of benzene rings is 1. The van der Waals surface area contributed by atoms with Gasteiger partial charge in [0.2, 0.25) is 0 Å². The Hall–Kier alpha value is -1.59. The highest BCUT2D eigenvalue weighted by atomic mass is 16.5. The third-order valence-electron chi connectivity index (χ3n) is 3.59. The van der Waals surface area contributed by atoms with Crippen molar-refractivity contribution >= 4 is 11.7 Å². The minimum absolute atomic E-state index is 0.163. The van der Waals surface area contributed by atoms with Gasteiger partial charge >= 0.3 is 6.03 Å². The van der Waals surface area contributed by atoms with E-state index >= 15 is 0 Å². The van der Waals surface area contributed by atoms with Crippen LogP contribution in [0.4, 0.5) is 10.5 Å². The van der Waals surface area contributed by atoms with Crippen molar-refractivity contribution in [3.05, 3.63) is 29.8 Å². The van der Waals surface area contributed by atoms with Crippen LogP contribution in [0, 0.1) is 0 Å². The van der Waals surface area contributed by atoms with Gasteiger partial charge in [0.15, 0.2) is 0 Å². The standard InChI is InChI=1S/C15H23N3O2/c1-11(16-2)12-5-3-6-13(9-12)18-15(19)17-10-14-7-4-8-20-14/h3,5-6,9,11,14,16H,4,7-8,10H2,1-2H3,(H2,17,18,19). The SMILES string of the molecule is CNC(C)c1cccc(NC(=O)NCC2CCCO2)c1. The first-order valence-corrected chi connectivity index (χ1v) is 7.12. The summed E-state index contributed by atoms with van der Waals surface area (Å²) >= 11 is 0. The molecule has 1 fully saturated rings. The summed E-state index contributed by atoms with van der Waals surface area (Å²) in [6.07, 6.45) is 2.27. The number of urea groups is 1. The van der Waals surface area contributed by atoms with Crippen LogP contribution < -0.4 is 16.0 Å². The number of carbonyl (C=O) groups excluding carboxylic acids is 1. The predicted octanol–water partition coefficient (Wildman–Crippen LogP) is 2.27. The van der Waals surface area contributed by atoms with Crippen LogP contribution in [0.1, 0.15) is 31.4 Å². The van der Waals surface area contributed by atoms with Gasteiger partial charge < -0.3 is 20.7 Å². The normalized spacial score (nSPS) is 19.6. The minimum atomic E-state index is -0.185. The molecule has 0 aromatic heterocycles. The van der Waals surface area contributed by atoms with Crippen LogP contribution in [0.2, 0.25) is 0 Å². The molecule has 0 spiro atoms. The third-order valence-corrected chi connectivity index (χ3v) is 3.59. The van der Waals surface area contributed by atoms with Gasteiger partial charge in [0.1, 0.15) is 0 Å². The third kappa shape index (κ3) is 4.21. The van der Waals surface area contributed by atoms with Crippen molar-refractivity contribution in [1.29, 1.82) is 0 Å². The zero-order valence-electron chi connectivity index (χ0n) is 12.1. The summed E-state index contributed by atoms with van der Waals surface area (Å²) in [6.45, 7) is 3.45. The van der Waals surface area contributed by atoms with Crippen molar-refractivity contribution in [1.82, 2.24) is 10.6 Å². The zero-order valence-corrected chi connectivity index (χ0v) is 12.1. The molecule has 1 heterocycles. The van der Waals surface area contributed by atoms with E-state index < -0.39 is 0 Å². The molecule has 1 aromatic rings. The number of ether oxygens (including phenoxy) is 1. The second kappa shape index (κ2) is 7.26. The lowest BCUT2D eigenvalue weighted by Gasteiger charge is -2.14. The molecule has 5 heteroatoms. The van der Waals surface area contributed by atoms with E-state index in [4.69, 9.17) is 4.74 Å². The number of nitrogens with one attached hydrogen (secondary N) is 3. The maximum atomic E-state index is 11.8. The van der Waals surface area contributed by atoms with Gasteiger partial charge in [0.05, 0.1) is 6.10 Å². The molecule has 3 N–H and O–H groups in total. The molecule has 0 radical (unpaired) electrons. The van der Waals surface area contributed by atoms with Gasteiger partial charge in [-0.1, -0.05) is 12.1 Å². The second-order valence-electron chi connectivity index (χ2n) is 5.11. The summed E-state index contributed by atoms with van der Waals surface area (Å²) in [4.78, 5) is 11.8. The van der Waals surface area contributed by atoms with Crippen LogP contribution in [0.15, 0.2) is 24.3 Å². The van der Waals surface area contributed by atoms with E-state index in [1.165, 1.54) is 0 Å². The predicted molar refractivity (Wildman–Crippen MR) is 79.9 cm³/mol. The van der Waals surface area contributed by atoms with E-state index in [0.717, 1.165) is 30.7 Å². The van der Waals surface area contributed by atoms with E-state index in [0.29, 0.717) is 6.54 Å². The molecule has 1 aromatic carbocycles. The largest absolute Gasteiger partial charge is 0.376 e. The molecular weight excluding hydrogens is 254 g/mol. The Bertz CT molecular complexity index is 444. The number of hydrogen-bond donors (Lipinski definition) is 3. The first kappa shape index (κ1) is 14.8. The van der Waals surface area contributed by atoms with Crippen molar-refractivity contribution in [2.75, 3.05) is 25.5 Å². The van der Waals surface area contributed by atoms with Gasteiger partial charge in [-0.05, 0) is 44.5 Å². The summed E-state index contributed by atoms with van der Waals surface area (Å²) in [5, 5.41) is 8.88. The molecule has 1 aliphatic heterocycles. The molecule has 0 saturated carbocycles. The molecule has 5 nitrogen and oxygen atoms in total. The van der Waals surface area contributed by atoms with Gasteiger partial charge in [0, 0.05) is 24.9 Å². The fraction of sp³-hybridized carbons (Fsp3) is 0.533. The fourth-order valence-electron chi connectivity index (χ4n) is 2.24. The molecule has 110 valence electrons. The Morgan fingerprint density at radius 3 is 3.05 bits per heavy atom. The average Bonchev–Trinajstić information content (AvgIpc) is 2.98. The Morgan fingerprint density at radius 2 is 2.35 bits per heavy atom. The summed E-state index contributed by atoms with van der Waals surface area (Å²) in [5.74, 6) is 0. The molecule has 2 rings (SSSR count). The zero-order chi connectivity index (χ0) is 14.4. The number of hydrogen-bond acceptors (Lipinski definition) is 3. The van der Waals surface area contributed by atoms with E-state index in [2.05, 4.69) is 22.9 Å². The molecule has 0 bridgehead atoms. The number of amides is 2. The summed E-state index contributed by atoms with van der Waals surface area (Å²) in [7, 11) is 1.92. The summed E-state index contributed by atoms with van der Waals surface area (Å²) in [5.41, 5.74) is 1.94. The molecule has 2 atom stereocenters. The fourth-order valence-corrected chi connectivity index (χ4v) is 2.24. The minimum Gasteiger partial charge on any atom is -0.376 e. The lowest BCUT2D eigenvalue weighted by atomic mass is 10.1. The van der Waals surface area contributed by atoms with Crippen LogP contribution in [-0.2, 0) is 4.74 Å². The molecule has 2 amide bonds. The number of rotatable bonds is 5. The van der Waals surface area contributed by atoms with Crippen LogP contribution in [0.5, 0.6) is 0 Å². The number of anilines is 1. The van der Waals surface area contributed by atoms with E-state index in [1.54, 1.807) is 0 Å². The Labute approximate surface area is 120 Å². The Balaban J connectivity index is 1.83. The van der Waals surface area contributed by atoms with Gasteiger partial charge in [-0.25, -0.2) is 4.79 Å². The van der Waals surface area contributed by atoms with E-state index in [9.17, 15) is 4.79 Å². The van der Waals surface area contributed by atoms with E-state index in [-0.39, 0.29) is 18.2 Å². The van der Waals surface area contributed by atoms with Gasteiger partial charge in [-0.3, -0.25) is 0 Å². The van der Waals surface area contributed by atoms with Gasteiger partial charge in [-0.15, -0.1) is 0 Å². The maximum absolute atomic E-state index is 11.8. The second-order valence-corrected chi connectivity index (χ2v) is 5.11. The highest BCUT2D eigenvalue weighted by Gasteiger charge is 2.16. The highest BCUT2D eigenvalue weighted by molar-refractivity contribution is 5.89. The smallest absolute Gasteiger partial charge is 0.319 e. The highest BCUT2D eigenvalue weighted by Crippen LogP contribution is 2.17. The summed E-state index contributed by atoms with van der Waals surface area (Å²) < 4.78 is 5.47. The van der Waals surface area contributed by atoms with Crippen LogP contribution in [0.3, 0.4) is 0 Å². The maximum Gasteiger partial charge on any atom is 0.319 e. The van der Waals surface area contributed by atoms with Crippen molar-refractivity contribution in [3.8, 4) is 0 Å². The monoisotopic (exact) mass is 277 g/mol. The van der Waals surface area contributed by atoms with Crippen molar-refractivity contribution in [2.45, 2.75) is 31.9 Å². The van der Waals surface area contributed by atoms with Crippen LogP contribution >= 0.6 is 0 Å². The molecular formula is C15H23N3O2. The topological polar surface area (TPSA) is 62.4 Å². The molecule has 0 aliphatic carbocycles. The van der Waals surface area contributed by atoms with Crippen LogP contribution in [-0.4, -0.2) is 32.3 Å².